The highest BCUT2D eigenvalue weighted by molar-refractivity contribution is 9.10. The monoisotopic (exact) mass is 520 g/mol. The molecule has 0 bridgehead atoms. The van der Waals surface area contributed by atoms with Crippen LogP contribution in [0.25, 0.3) is 10.8 Å². The standard InChI is InChI=1S/C26H21BrN2O5/c1-32-25-14-20(15-28-34-17-18-5-4-8-23(12-18)29(30)31)13-24(27)26(25)33-16-19-9-10-21-6-2-3-7-22(21)11-19/h2-15H,16-17H2,1H3/b28-15-. The number of fused-ring (bicyclic) bond motifs is 1. The molecule has 4 aromatic carbocycles. The number of methoxy groups -OCH3 is 1. The second kappa shape index (κ2) is 10.8. The number of nitro groups is 1. The third-order valence-electron chi connectivity index (χ3n) is 5.08. The maximum Gasteiger partial charge on any atom is 0.269 e. The van der Waals surface area contributed by atoms with E-state index in [1.165, 1.54) is 23.7 Å². The van der Waals surface area contributed by atoms with Gasteiger partial charge in [-0.05, 0) is 56.0 Å². The van der Waals surface area contributed by atoms with Crippen molar-refractivity contribution in [2.24, 2.45) is 5.16 Å². The first-order valence-electron chi connectivity index (χ1n) is 10.4. The van der Waals surface area contributed by atoms with Crippen LogP contribution in [0, 0.1) is 10.1 Å². The molecule has 8 heteroatoms. The summed E-state index contributed by atoms with van der Waals surface area (Å²) in [7, 11) is 1.57. The molecule has 0 N–H and O–H groups in total. The molecule has 0 fully saturated rings. The van der Waals surface area contributed by atoms with Gasteiger partial charge in [-0.25, -0.2) is 0 Å². The minimum absolute atomic E-state index is 0.0121. The van der Waals surface area contributed by atoms with Crippen LogP contribution in [0.15, 0.2) is 88.5 Å². The first kappa shape index (κ1) is 23.3. The maximum atomic E-state index is 10.9. The van der Waals surface area contributed by atoms with Crippen molar-refractivity contribution < 1.29 is 19.2 Å². The zero-order valence-corrected chi connectivity index (χ0v) is 19.9. The summed E-state index contributed by atoms with van der Waals surface area (Å²) in [5.41, 5.74) is 2.45. The molecule has 0 aliphatic heterocycles. The number of oxime groups is 1. The molecule has 0 amide bonds. The fourth-order valence-corrected chi connectivity index (χ4v) is 3.98. The molecule has 0 atom stereocenters. The second-order valence-corrected chi connectivity index (χ2v) is 8.29. The van der Waals surface area contributed by atoms with Crippen LogP contribution in [0.1, 0.15) is 16.7 Å². The van der Waals surface area contributed by atoms with Crippen LogP contribution in [0.3, 0.4) is 0 Å². The highest BCUT2D eigenvalue weighted by atomic mass is 79.9. The van der Waals surface area contributed by atoms with Crippen LogP contribution < -0.4 is 9.47 Å². The lowest BCUT2D eigenvalue weighted by Gasteiger charge is -2.14. The molecule has 4 aromatic rings. The summed E-state index contributed by atoms with van der Waals surface area (Å²) in [6.45, 7) is 0.503. The highest BCUT2D eigenvalue weighted by Crippen LogP contribution is 2.37. The Kier molecular flexibility index (Phi) is 7.39. The molecule has 0 saturated heterocycles. The number of hydrogen-bond donors (Lipinski definition) is 0. The predicted molar refractivity (Wildman–Crippen MR) is 134 cm³/mol. The van der Waals surface area contributed by atoms with Crippen molar-refractivity contribution >= 4 is 38.6 Å². The van der Waals surface area contributed by atoms with Crippen molar-refractivity contribution in [3.05, 3.63) is 110 Å². The summed E-state index contributed by atoms with van der Waals surface area (Å²) in [5, 5.41) is 17.2. The average Bonchev–Trinajstić information content (AvgIpc) is 2.85. The topological polar surface area (TPSA) is 83.2 Å². The van der Waals surface area contributed by atoms with Gasteiger partial charge < -0.3 is 14.3 Å². The van der Waals surface area contributed by atoms with Crippen LogP contribution >= 0.6 is 15.9 Å². The fourth-order valence-electron chi connectivity index (χ4n) is 3.41. The number of rotatable bonds is 9. The quantitative estimate of drug-likeness (QED) is 0.140. The molecular formula is C26H21BrN2O5. The molecule has 0 aromatic heterocycles. The molecular weight excluding hydrogens is 500 g/mol. The third kappa shape index (κ3) is 5.71. The van der Waals surface area contributed by atoms with E-state index < -0.39 is 4.92 Å². The summed E-state index contributed by atoms with van der Waals surface area (Å²) in [4.78, 5) is 15.7. The number of nitrogens with zero attached hydrogens (tertiary/aromatic N) is 2. The average molecular weight is 521 g/mol. The Balaban J connectivity index is 1.41. The van der Waals surface area contributed by atoms with E-state index in [9.17, 15) is 10.1 Å². The zero-order chi connectivity index (χ0) is 23.9. The Morgan fingerprint density at radius 3 is 2.53 bits per heavy atom. The van der Waals surface area contributed by atoms with Crippen molar-refractivity contribution in [3.8, 4) is 11.5 Å². The van der Waals surface area contributed by atoms with Gasteiger partial charge in [-0.15, -0.1) is 0 Å². The molecule has 4 rings (SSSR count). The Bertz CT molecular complexity index is 1360. The van der Waals surface area contributed by atoms with Crippen LogP contribution in [0.4, 0.5) is 5.69 Å². The molecule has 7 nitrogen and oxygen atoms in total. The van der Waals surface area contributed by atoms with Gasteiger partial charge in [-0.1, -0.05) is 53.7 Å². The van der Waals surface area contributed by atoms with Gasteiger partial charge in [0.1, 0.15) is 13.2 Å². The van der Waals surface area contributed by atoms with Crippen molar-refractivity contribution in [3.63, 3.8) is 0 Å². The normalized spacial score (nSPS) is 11.0. The molecule has 0 radical (unpaired) electrons. The van der Waals surface area contributed by atoms with E-state index in [1.54, 1.807) is 25.3 Å². The number of benzene rings is 4. The van der Waals surface area contributed by atoms with E-state index >= 15 is 0 Å². The van der Waals surface area contributed by atoms with Gasteiger partial charge >= 0.3 is 0 Å². The number of nitro benzene ring substituents is 1. The zero-order valence-electron chi connectivity index (χ0n) is 18.3. The van der Waals surface area contributed by atoms with Crippen molar-refractivity contribution in [2.45, 2.75) is 13.2 Å². The van der Waals surface area contributed by atoms with Crippen molar-refractivity contribution in [1.29, 1.82) is 0 Å². The van der Waals surface area contributed by atoms with E-state index in [0.717, 1.165) is 16.5 Å². The van der Waals surface area contributed by atoms with E-state index in [0.29, 0.717) is 28.1 Å². The maximum absolute atomic E-state index is 10.9. The molecule has 0 saturated carbocycles. The van der Waals surface area contributed by atoms with Crippen LogP contribution in [0.5, 0.6) is 11.5 Å². The molecule has 34 heavy (non-hydrogen) atoms. The third-order valence-corrected chi connectivity index (χ3v) is 5.67. The van der Waals surface area contributed by atoms with Gasteiger partial charge in [-0.3, -0.25) is 10.1 Å². The van der Waals surface area contributed by atoms with Gasteiger partial charge in [0.05, 0.1) is 22.7 Å². The Morgan fingerprint density at radius 1 is 0.941 bits per heavy atom. The summed E-state index contributed by atoms with van der Waals surface area (Å²) >= 11 is 3.55. The van der Waals surface area contributed by atoms with Crippen LogP contribution in [0.2, 0.25) is 0 Å². The first-order valence-corrected chi connectivity index (χ1v) is 11.2. The van der Waals surface area contributed by atoms with E-state index in [2.05, 4.69) is 45.4 Å². The smallest absolute Gasteiger partial charge is 0.269 e. The lowest BCUT2D eigenvalue weighted by Crippen LogP contribution is -2.00. The molecule has 0 spiro atoms. The summed E-state index contributed by atoms with van der Waals surface area (Å²) in [5.74, 6) is 1.14. The van der Waals surface area contributed by atoms with Gasteiger partial charge in [0.15, 0.2) is 11.5 Å². The number of ether oxygens (including phenoxy) is 2. The van der Waals surface area contributed by atoms with E-state index in [1.807, 2.05) is 24.3 Å². The van der Waals surface area contributed by atoms with Gasteiger partial charge in [-0.2, -0.15) is 0 Å². The van der Waals surface area contributed by atoms with Crippen molar-refractivity contribution in [2.75, 3.05) is 7.11 Å². The number of hydrogen-bond acceptors (Lipinski definition) is 6. The summed E-state index contributed by atoms with van der Waals surface area (Å²) < 4.78 is 12.3. The molecule has 0 aliphatic rings. The minimum atomic E-state index is -0.444. The lowest BCUT2D eigenvalue weighted by atomic mass is 10.1. The SMILES string of the molecule is COc1cc(/C=N\OCc2cccc([N+](=O)[O-])c2)cc(Br)c1OCc1ccc2ccccc2c1. The summed E-state index contributed by atoms with van der Waals surface area (Å²) in [6, 6.07) is 24.3. The Morgan fingerprint density at radius 2 is 1.74 bits per heavy atom. The molecule has 172 valence electrons. The first-order chi connectivity index (χ1) is 16.5. The fraction of sp³-hybridized carbons (Fsp3) is 0.115. The Labute approximate surface area is 204 Å². The molecule has 0 unspecified atom stereocenters. The number of non-ortho nitro benzene ring substituents is 1. The van der Waals surface area contributed by atoms with Crippen molar-refractivity contribution in [1.82, 2.24) is 0 Å². The van der Waals surface area contributed by atoms with Crippen LogP contribution in [-0.4, -0.2) is 18.2 Å². The lowest BCUT2D eigenvalue weighted by molar-refractivity contribution is -0.384. The van der Waals surface area contributed by atoms with Gasteiger partial charge in [0, 0.05) is 17.7 Å². The summed E-state index contributed by atoms with van der Waals surface area (Å²) in [6.07, 6.45) is 1.54. The predicted octanol–water partition coefficient (Wildman–Crippen LogP) is 6.65. The minimum Gasteiger partial charge on any atom is -0.493 e. The molecule has 0 aliphatic carbocycles. The Hall–Kier alpha value is -3.91. The van der Waals surface area contributed by atoms with E-state index in [4.69, 9.17) is 14.3 Å². The van der Waals surface area contributed by atoms with Gasteiger partial charge in [0.2, 0.25) is 0 Å². The largest absolute Gasteiger partial charge is 0.493 e. The van der Waals surface area contributed by atoms with Crippen LogP contribution in [-0.2, 0) is 18.1 Å². The molecule has 0 heterocycles. The highest BCUT2D eigenvalue weighted by Gasteiger charge is 2.12. The number of halogens is 1. The van der Waals surface area contributed by atoms with E-state index in [-0.39, 0.29) is 12.3 Å². The second-order valence-electron chi connectivity index (χ2n) is 7.44. The van der Waals surface area contributed by atoms with Gasteiger partial charge in [0.25, 0.3) is 5.69 Å².